The van der Waals surface area contributed by atoms with Gasteiger partial charge in [0.25, 0.3) is 0 Å². The zero-order valence-corrected chi connectivity index (χ0v) is 11.6. The summed E-state index contributed by atoms with van der Waals surface area (Å²) in [5.74, 6) is 0.379. The van der Waals surface area contributed by atoms with Gasteiger partial charge in [0.1, 0.15) is 0 Å². The summed E-state index contributed by atoms with van der Waals surface area (Å²) in [5, 5.41) is 0. The molecule has 0 atom stereocenters. The summed E-state index contributed by atoms with van der Waals surface area (Å²) in [7, 11) is 0. The van der Waals surface area contributed by atoms with Gasteiger partial charge in [-0.05, 0) is 59.9 Å². The summed E-state index contributed by atoms with van der Waals surface area (Å²) in [6.45, 7) is 0. The van der Waals surface area contributed by atoms with Gasteiger partial charge in [-0.25, -0.2) is 0 Å². The van der Waals surface area contributed by atoms with E-state index in [1.54, 1.807) is 0 Å². The van der Waals surface area contributed by atoms with Crippen LogP contribution in [0.2, 0.25) is 0 Å². The maximum absolute atomic E-state index is 12.3. The van der Waals surface area contributed by atoms with E-state index in [9.17, 15) is 4.79 Å². The first-order chi connectivity index (χ1) is 9.84. The van der Waals surface area contributed by atoms with Crippen LogP contribution in [0.25, 0.3) is 11.1 Å². The van der Waals surface area contributed by atoms with Crippen LogP contribution in [-0.4, -0.2) is 5.78 Å². The predicted molar refractivity (Wildman–Crippen MR) is 81.2 cm³/mol. The van der Waals surface area contributed by atoms with Crippen molar-refractivity contribution >= 4 is 5.78 Å². The second kappa shape index (κ2) is 4.59. The highest BCUT2D eigenvalue weighted by Crippen LogP contribution is 2.39. The third-order valence-electron chi connectivity index (χ3n) is 4.70. The Morgan fingerprint density at radius 2 is 1.55 bits per heavy atom. The minimum atomic E-state index is 0.379. The van der Waals surface area contributed by atoms with Gasteiger partial charge in [0.15, 0.2) is 5.78 Å². The van der Waals surface area contributed by atoms with Gasteiger partial charge in [0.05, 0.1) is 0 Å². The standard InChI is InChI=1S/C19H18O/c20-18-11-4-8-14-12-17(13-6-2-1-3-7-13)15-9-5-10-16(15)19(14)18/h1-3,6-7,12H,4-5,8-11H2. The zero-order chi connectivity index (χ0) is 13.5. The summed E-state index contributed by atoms with van der Waals surface area (Å²) in [6, 6.07) is 12.9. The van der Waals surface area contributed by atoms with E-state index in [2.05, 4.69) is 36.4 Å². The first kappa shape index (κ1) is 11.9. The fourth-order valence-corrected chi connectivity index (χ4v) is 3.83. The van der Waals surface area contributed by atoms with Crippen LogP contribution in [0.15, 0.2) is 36.4 Å². The highest BCUT2D eigenvalue weighted by atomic mass is 16.1. The van der Waals surface area contributed by atoms with E-state index < -0.39 is 0 Å². The van der Waals surface area contributed by atoms with Gasteiger partial charge >= 0.3 is 0 Å². The number of hydrogen-bond donors (Lipinski definition) is 0. The van der Waals surface area contributed by atoms with Crippen molar-refractivity contribution in [3.8, 4) is 11.1 Å². The molecule has 2 aliphatic carbocycles. The summed E-state index contributed by atoms with van der Waals surface area (Å²) < 4.78 is 0. The summed E-state index contributed by atoms with van der Waals surface area (Å²) in [6.07, 6.45) is 6.22. The first-order valence-corrected chi connectivity index (χ1v) is 7.61. The Balaban J connectivity index is 1.98. The van der Waals surface area contributed by atoms with Crippen molar-refractivity contribution in [1.29, 1.82) is 0 Å². The number of rotatable bonds is 1. The zero-order valence-electron chi connectivity index (χ0n) is 11.6. The number of hydrogen-bond acceptors (Lipinski definition) is 1. The first-order valence-electron chi connectivity index (χ1n) is 7.61. The molecule has 0 aromatic heterocycles. The number of fused-ring (bicyclic) bond motifs is 3. The molecule has 0 heterocycles. The van der Waals surface area contributed by atoms with Gasteiger partial charge < -0.3 is 0 Å². The van der Waals surface area contributed by atoms with Gasteiger partial charge in [-0.2, -0.15) is 0 Å². The fraction of sp³-hybridized carbons (Fsp3) is 0.316. The molecule has 0 amide bonds. The lowest BCUT2D eigenvalue weighted by Gasteiger charge is -2.21. The Morgan fingerprint density at radius 3 is 2.40 bits per heavy atom. The van der Waals surface area contributed by atoms with E-state index in [1.165, 1.54) is 34.2 Å². The molecule has 1 nitrogen and oxygen atoms in total. The number of benzene rings is 2. The molecule has 2 aliphatic rings. The van der Waals surface area contributed by atoms with Crippen molar-refractivity contribution in [1.82, 2.24) is 0 Å². The van der Waals surface area contributed by atoms with Gasteiger partial charge in [-0.15, -0.1) is 0 Å². The Labute approximate surface area is 119 Å². The van der Waals surface area contributed by atoms with Crippen molar-refractivity contribution in [3.05, 3.63) is 58.7 Å². The number of ketones is 1. The predicted octanol–water partition coefficient (Wildman–Crippen LogP) is 4.36. The minimum absolute atomic E-state index is 0.379. The molecule has 0 aliphatic heterocycles. The summed E-state index contributed by atoms with van der Waals surface area (Å²) in [5.41, 5.74) is 7.85. The maximum Gasteiger partial charge on any atom is 0.163 e. The average Bonchev–Trinajstić information content (AvgIpc) is 2.96. The van der Waals surface area contributed by atoms with Gasteiger partial charge in [0.2, 0.25) is 0 Å². The fourth-order valence-electron chi connectivity index (χ4n) is 3.83. The number of aryl methyl sites for hydroxylation is 1. The topological polar surface area (TPSA) is 17.1 Å². The van der Waals surface area contributed by atoms with Gasteiger partial charge in [-0.3, -0.25) is 4.79 Å². The molecule has 2 aromatic rings. The largest absolute Gasteiger partial charge is 0.294 e. The normalized spacial score (nSPS) is 16.9. The van der Waals surface area contributed by atoms with Crippen LogP contribution in [0, 0.1) is 0 Å². The van der Waals surface area contributed by atoms with Crippen LogP contribution in [0.1, 0.15) is 46.3 Å². The molecule has 0 spiro atoms. The highest BCUT2D eigenvalue weighted by Gasteiger charge is 2.27. The Bertz CT molecular complexity index is 683. The molecule has 0 bridgehead atoms. The Kier molecular flexibility index (Phi) is 2.73. The van der Waals surface area contributed by atoms with E-state index in [4.69, 9.17) is 0 Å². The Hall–Kier alpha value is -1.89. The van der Waals surface area contributed by atoms with Crippen LogP contribution in [0.3, 0.4) is 0 Å². The molecule has 0 unspecified atom stereocenters. The monoisotopic (exact) mass is 262 g/mol. The lowest BCUT2D eigenvalue weighted by atomic mass is 9.82. The van der Waals surface area contributed by atoms with Gasteiger partial charge in [-0.1, -0.05) is 36.4 Å². The maximum atomic E-state index is 12.3. The van der Waals surface area contributed by atoms with Gasteiger partial charge in [0, 0.05) is 12.0 Å². The van der Waals surface area contributed by atoms with Crippen molar-refractivity contribution in [2.45, 2.75) is 38.5 Å². The molecule has 4 rings (SSSR count). The average molecular weight is 262 g/mol. The number of carbonyl (C=O) groups excluding carboxylic acids is 1. The van der Waals surface area contributed by atoms with Crippen molar-refractivity contribution < 1.29 is 4.79 Å². The van der Waals surface area contributed by atoms with Crippen molar-refractivity contribution in [2.24, 2.45) is 0 Å². The van der Waals surface area contributed by atoms with Crippen LogP contribution in [-0.2, 0) is 19.3 Å². The van der Waals surface area contributed by atoms with E-state index >= 15 is 0 Å². The minimum Gasteiger partial charge on any atom is -0.294 e. The molecule has 0 saturated heterocycles. The second-order valence-corrected chi connectivity index (χ2v) is 5.91. The third kappa shape index (κ3) is 1.73. The lowest BCUT2D eigenvalue weighted by Crippen LogP contribution is -2.14. The van der Waals surface area contributed by atoms with Crippen LogP contribution in [0.4, 0.5) is 0 Å². The molecule has 0 saturated carbocycles. The smallest absolute Gasteiger partial charge is 0.163 e. The van der Waals surface area contributed by atoms with Crippen molar-refractivity contribution in [2.75, 3.05) is 0 Å². The molecular formula is C19H18O. The van der Waals surface area contributed by atoms with E-state index in [1.807, 2.05) is 0 Å². The van der Waals surface area contributed by atoms with E-state index in [0.29, 0.717) is 5.78 Å². The number of carbonyl (C=O) groups is 1. The SMILES string of the molecule is O=C1CCCc2cc(-c3ccccc3)c3c(c21)CCC3. The van der Waals surface area contributed by atoms with Crippen molar-refractivity contribution in [3.63, 3.8) is 0 Å². The van der Waals surface area contributed by atoms with Crippen LogP contribution in [0.5, 0.6) is 0 Å². The van der Waals surface area contributed by atoms with E-state index in [0.717, 1.165) is 37.7 Å². The van der Waals surface area contributed by atoms with E-state index in [-0.39, 0.29) is 0 Å². The van der Waals surface area contributed by atoms with Crippen LogP contribution >= 0.6 is 0 Å². The van der Waals surface area contributed by atoms with Crippen LogP contribution < -0.4 is 0 Å². The quantitative estimate of drug-likeness (QED) is 0.746. The molecular weight excluding hydrogens is 244 g/mol. The Morgan fingerprint density at radius 1 is 0.800 bits per heavy atom. The molecule has 0 radical (unpaired) electrons. The molecule has 0 N–H and O–H groups in total. The molecule has 20 heavy (non-hydrogen) atoms. The molecule has 0 fully saturated rings. The molecule has 2 aromatic carbocycles. The highest BCUT2D eigenvalue weighted by molar-refractivity contribution is 6.01. The number of Topliss-reactive ketones (excluding diaryl/α,β-unsaturated/α-hetero) is 1. The summed E-state index contributed by atoms with van der Waals surface area (Å²) in [4.78, 5) is 12.3. The summed E-state index contributed by atoms with van der Waals surface area (Å²) >= 11 is 0. The third-order valence-corrected chi connectivity index (χ3v) is 4.70. The second-order valence-electron chi connectivity index (χ2n) is 5.91. The molecule has 100 valence electrons. The molecule has 1 heteroatoms. The lowest BCUT2D eigenvalue weighted by molar-refractivity contribution is 0.0971.